The predicted molar refractivity (Wildman–Crippen MR) is 177 cm³/mol. The molecule has 0 fully saturated rings. The number of fused-ring (bicyclic) bond motifs is 2. The van der Waals surface area contributed by atoms with Crippen LogP contribution in [0.25, 0.3) is 6.08 Å². The summed E-state index contributed by atoms with van der Waals surface area (Å²) in [7, 11) is 3.98. The van der Waals surface area contributed by atoms with Gasteiger partial charge in [-0.05, 0) is 54.5 Å². The number of methoxy groups -OCH3 is 3. The number of hydrogen-bond acceptors (Lipinski definition) is 8. The van der Waals surface area contributed by atoms with Crippen LogP contribution in [0, 0.1) is 6.92 Å². The van der Waals surface area contributed by atoms with Gasteiger partial charge in [0, 0.05) is 11.3 Å². The van der Waals surface area contributed by atoms with E-state index >= 15 is 4.79 Å². The fourth-order valence-electron chi connectivity index (χ4n) is 6.11. The lowest BCUT2D eigenvalue weighted by atomic mass is 9.82. The average Bonchev–Trinajstić information content (AvgIpc) is 3.32. The highest BCUT2D eigenvalue weighted by atomic mass is 16.6. The second kappa shape index (κ2) is 13.0. The molecule has 2 aliphatic rings. The monoisotopic (exact) mass is 630 g/mol. The van der Waals surface area contributed by atoms with Gasteiger partial charge >= 0.3 is 11.9 Å². The van der Waals surface area contributed by atoms with Crippen molar-refractivity contribution in [2.24, 2.45) is 0 Å². The third-order valence-electron chi connectivity index (χ3n) is 8.31. The van der Waals surface area contributed by atoms with E-state index in [0.717, 1.165) is 16.7 Å². The molecule has 0 N–H and O–H groups in total. The van der Waals surface area contributed by atoms with E-state index in [-0.39, 0.29) is 17.8 Å². The second-order valence-corrected chi connectivity index (χ2v) is 11.1. The molecule has 47 heavy (non-hydrogen) atoms. The Kier molecular flexibility index (Phi) is 8.65. The summed E-state index contributed by atoms with van der Waals surface area (Å²) in [5.74, 6) is -1.69. The maximum atomic E-state index is 15.0. The highest BCUT2D eigenvalue weighted by Crippen LogP contribution is 2.53. The molecule has 238 valence electrons. The number of carbonyl (C=O) groups excluding carboxylic acids is 3. The summed E-state index contributed by atoms with van der Waals surface area (Å²) in [6.07, 6.45) is 2.52. The summed E-state index contributed by atoms with van der Waals surface area (Å²) in [4.78, 5) is 46.2. The molecular weight excluding hydrogens is 596 g/mol. The third-order valence-corrected chi connectivity index (χ3v) is 8.31. The van der Waals surface area contributed by atoms with Crippen LogP contribution in [0.3, 0.4) is 0 Å². The lowest BCUT2D eigenvalue weighted by Crippen LogP contribution is -2.57. The number of ether oxygens (including phenoxy) is 4. The van der Waals surface area contributed by atoms with Crippen LogP contribution in [0.1, 0.15) is 22.3 Å². The van der Waals surface area contributed by atoms with Gasteiger partial charge in [-0.1, -0.05) is 84.4 Å². The van der Waals surface area contributed by atoms with Crippen molar-refractivity contribution in [1.29, 1.82) is 0 Å². The molecule has 2 atom stereocenters. The summed E-state index contributed by atoms with van der Waals surface area (Å²) in [5, 5.41) is 0. The maximum Gasteiger partial charge on any atom is 0.355 e. The molecule has 0 saturated heterocycles. The van der Waals surface area contributed by atoms with E-state index in [0.29, 0.717) is 22.7 Å². The largest absolute Gasteiger partial charge is 0.497 e. The fraction of sp³-hybridized carbons (Fsp3) is 0.184. The van der Waals surface area contributed by atoms with Crippen molar-refractivity contribution < 1.29 is 33.3 Å². The van der Waals surface area contributed by atoms with E-state index in [2.05, 4.69) is 0 Å². The van der Waals surface area contributed by atoms with Crippen molar-refractivity contribution in [3.63, 3.8) is 0 Å². The summed E-state index contributed by atoms with van der Waals surface area (Å²) < 4.78 is 23.0. The van der Waals surface area contributed by atoms with E-state index in [1.165, 1.54) is 14.2 Å². The molecule has 9 heteroatoms. The molecule has 0 radical (unpaired) electrons. The van der Waals surface area contributed by atoms with Gasteiger partial charge < -0.3 is 28.7 Å². The lowest BCUT2D eigenvalue weighted by Gasteiger charge is -2.45. The molecule has 0 saturated carbocycles. The van der Waals surface area contributed by atoms with Gasteiger partial charge in [-0.3, -0.25) is 4.79 Å². The van der Waals surface area contributed by atoms with E-state index < -0.39 is 29.7 Å². The van der Waals surface area contributed by atoms with Crippen molar-refractivity contribution in [3.8, 4) is 5.75 Å². The molecule has 2 heterocycles. The number of esters is 2. The predicted octanol–water partition coefficient (Wildman–Crippen LogP) is 5.92. The number of rotatable bonds is 8. The molecule has 4 aromatic carbocycles. The molecule has 2 aliphatic heterocycles. The van der Waals surface area contributed by atoms with Gasteiger partial charge in [0.05, 0.1) is 33.6 Å². The van der Waals surface area contributed by atoms with Crippen molar-refractivity contribution in [1.82, 2.24) is 0 Å². The van der Waals surface area contributed by atoms with Crippen LogP contribution in [0.15, 0.2) is 120 Å². The minimum absolute atomic E-state index is 0.180. The molecule has 0 aromatic heterocycles. The first kappa shape index (κ1) is 31.3. The van der Waals surface area contributed by atoms with Gasteiger partial charge in [0.1, 0.15) is 17.0 Å². The van der Waals surface area contributed by atoms with Crippen molar-refractivity contribution >= 4 is 35.3 Å². The Morgan fingerprint density at radius 2 is 1.51 bits per heavy atom. The minimum Gasteiger partial charge on any atom is -0.497 e. The van der Waals surface area contributed by atoms with E-state index in [1.807, 2.05) is 91.9 Å². The lowest BCUT2D eigenvalue weighted by molar-refractivity contribution is -0.156. The number of aryl methyl sites for hydroxylation is 1. The van der Waals surface area contributed by atoms with Gasteiger partial charge in [0.2, 0.25) is 5.60 Å². The van der Waals surface area contributed by atoms with Crippen LogP contribution in [-0.4, -0.2) is 45.4 Å². The van der Waals surface area contributed by atoms with Crippen LogP contribution < -0.4 is 14.5 Å². The third kappa shape index (κ3) is 5.55. The van der Waals surface area contributed by atoms with Gasteiger partial charge in [-0.15, -0.1) is 0 Å². The SMILES string of the molecule is COC(=O)C1=C(C(=O)OC)[C@@]2(O[C@@H](/C=C/c3ccccc3)N1c1ccc(OC)cc1)C(=O)N(Cc1ccccc1)c1ccc(C)cc12. The maximum absolute atomic E-state index is 15.0. The number of nitrogens with zero attached hydrogens (tertiary/aromatic N) is 2. The quantitative estimate of drug-likeness (QED) is 0.222. The Hall–Kier alpha value is -5.67. The first-order valence-corrected chi connectivity index (χ1v) is 15.0. The zero-order valence-corrected chi connectivity index (χ0v) is 26.5. The van der Waals surface area contributed by atoms with E-state index in [4.69, 9.17) is 18.9 Å². The summed E-state index contributed by atoms with van der Waals surface area (Å²) in [5.41, 5.74) is 1.52. The summed E-state index contributed by atoms with van der Waals surface area (Å²) >= 11 is 0. The van der Waals surface area contributed by atoms with Crippen molar-refractivity contribution in [3.05, 3.63) is 143 Å². The number of amides is 1. The first-order chi connectivity index (χ1) is 22.8. The Morgan fingerprint density at radius 1 is 0.851 bits per heavy atom. The second-order valence-electron chi connectivity index (χ2n) is 11.1. The molecule has 9 nitrogen and oxygen atoms in total. The average molecular weight is 631 g/mol. The molecule has 4 aromatic rings. The standard InChI is InChI=1S/C38H34N2O7/c1-25-15-21-31-30(23-25)38(37(43)39(31)24-27-13-9-6-10-14-27)33(35(41)45-3)34(36(42)46-4)40(28-17-19-29(44-2)20-18-28)32(47-38)22-16-26-11-7-5-8-12-26/h5-23,32H,24H2,1-4H3/b22-16+/t32-,38+/m0/s1. The highest BCUT2D eigenvalue weighted by molar-refractivity contribution is 6.17. The Balaban J connectivity index is 1.66. The van der Waals surface area contributed by atoms with Gasteiger partial charge in [-0.25, -0.2) is 9.59 Å². The van der Waals surface area contributed by atoms with E-state index in [9.17, 15) is 9.59 Å². The zero-order valence-electron chi connectivity index (χ0n) is 26.5. The van der Waals surface area contributed by atoms with Crippen LogP contribution in [0.2, 0.25) is 0 Å². The Morgan fingerprint density at radius 3 is 2.15 bits per heavy atom. The number of hydrogen-bond donors (Lipinski definition) is 0. The molecule has 1 amide bonds. The van der Waals surface area contributed by atoms with Gasteiger partial charge in [-0.2, -0.15) is 0 Å². The highest BCUT2D eigenvalue weighted by Gasteiger charge is 2.63. The van der Waals surface area contributed by atoms with Crippen molar-refractivity contribution in [2.45, 2.75) is 25.3 Å². The molecule has 0 bridgehead atoms. The van der Waals surface area contributed by atoms with Crippen LogP contribution in [0.5, 0.6) is 5.75 Å². The van der Waals surface area contributed by atoms with Crippen LogP contribution in [-0.2, 0) is 40.7 Å². The number of anilines is 2. The van der Waals surface area contributed by atoms with Gasteiger partial charge in [0.25, 0.3) is 5.91 Å². The Labute approximate surface area is 273 Å². The number of benzene rings is 4. The normalized spacial score (nSPS) is 18.9. The molecule has 1 spiro atoms. The van der Waals surface area contributed by atoms with Gasteiger partial charge in [0.15, 0.2) is 6.23 Å². The zero-order chi connectivity index (χ0) is 33.1. The smallest absolute Gasteiger partial charge is 0.355 e. The Bertz CT molecular complexity index is 1870. The molecule has 6 rings (SSSR count). The summed E-state index contributed by atoms with van der Waals surface area (Å²) in [6, 6.07) is 31.5. The summed E-state index contributed by atoms with van der Waals surface area (Å²) in [6.45, 7) is 2.09. The topological polar surface area (TPSA) is 94.6 Å². The molecule has 0 aliphatic carbocycles. The van der Waals surface area contributed by atoms with E-state index in [1.54, 1.807) is 47.3 Å². The number of carbonyl (C=O) groups is 3. The molecule has 0 unspecified atom stereocenters. The molecular formula is C38H34N2O7. The fourth-order valence-corrected chi connectivity index (χ4v) is 6.11. The van der Waals surface area contributed by atoms with Crippen LogP contribution in [0.4, 0.5) is 11.4 Å². The van der Waals surface area contributed by atoms with Crippen molar-refractivity contribution in [2.75, 3.05) is 31.1 Å². The first-order valence-electron chi connectivity index (χ1n) is 15.0. The van der Waals surface area contributed by atoms with Crippen LogP contribution >= 0.6 is 0 Å². The minimum atomic E-state index is -2.05.